The van der Waals surface area contributed by atoms with Crippen LogP contribution in [0.5, 0.6) is 11.5 Å². The Morgan fingerprint density at radius 1 is 1.00 bits per heavy atom. The van der Waals surface area contributed by atoms with Gasteiger partial charge in [-0.15, -0.1) is 0 Å². The molecule has 2 rings (SSSR count). The number of amides is 2. The molecule has 5 heteroatoms. The van der Waals surface area contributed by atoms with E-state index in [1.165, 1.54) is 14.2 Å². The Morgan fingerprint density at radius 3 is 2.20 bits per heavy atom. The van der Waals surface area contributed by atoms with Crippen molar-refractivity contribution in [1.29, 1.82) is 0 Å². The van der Waals surface area contributed by atoms with Crippen molar-refractivity contribution >= 4 is 11.7 Å². The minimum Gasteiger partial charge on any atom is -0.457 e. The highest BCUT2D eigenvalue weighted by atomic mass is 16.7. The zero-order valence-corrected chi connectivity index (χ0v) is 11.4. The molecule has 0 unspecified atom stereocenters. The molecule has 1 N–H and O–H groups in total. The van der Waals surface area contributed by atoms with Gasteiger partial charge < -0.3 is 10.1 Å². The lowest BCUT2D eigenvalue weighted by atomic mass is 10.3. The molecule has 0 aliphatic heterocycles. The third kappa shape index (κ3) is 3.73. The summed E-state index contributed by atoms with van der Waals surface area (Å²) in [4.78, 5) is 16.4. The number of carbonyl (C=O) groups excluding carboxylic acids is 1. The number of carbonyl (C=O) groups is 1. The van der Waals surface area contributed by atoms with Gasteiger partial charge in [-0.1, -0.05) is 18.2 Å². The van der Waals surface area contributed by atoms with Crippen LogP contribution in [0.1, 0.15) is 0 Å². The molecular formula is C15H16N2O3. The van der Waals surface area contributed by atoms with Gasteiger partial charge in [-0.3, -0.25) is 4.84 Å². The molecule has 0 aliphatic rings. The monoisotopic (exact) mass is 272 g/mol. The Hall–Kier alpha value is -2.53. The van der Waals surface area contributed by atoms with Crippen LogP contribution in [-0.4, -0.2) is 25.3 Å². The van der Waals surface area contributed by atoms with E-state index in [0.717, 1.165) is 10.8 Å². The number of nitrogens with zero attached hydrogens (tertiary/aromatic N) is 1. The van der Waals surface area contributed by atoms with Gasteiger partial charge in [-0.25, -0.2) is 9.86 Å². The Kier molecular flexibility index (Phi) is 4.57. The molecule has 0 spiro atoms. The van der Waals surface area contributed by atoms with Crippen LogP contribution >= 0.6 is 0 Å². The highest BCUT2D eigenvalue weighted by Crippen LogP contribution is 2.22. The van der Waals surface area contributed by atoms with E-state index in [-0.39, 0.29) is 6.03 Å². The largest absolute Gasteiger partial charge is 0.457 e. The highest BCUT2D eigenvalue weighted by Gasteiger charge is 2.07. The number of rotatable bonds is 4. The molecule has 0 fully saturated rings. The summed E-state index contributed by atoms with van der Waals surface area (Å²) in [6.07, 6.45) is 0. The Balaban J connectivity index is 1.98. The predicted octanol–water partition coefficient (Wildman–Crippen LogP) is 3.50. The first kappa shape index (κ1) is 13.9. The second-order valence-corrected chi connectivity index (χ2v) is 4.05. The van der Waals surface area contributed by atoms with Gasteiger partial charge in [-0.05, 0) is 36.4 Å². The fraction of sp³-hybridized carbons (Fsp3) is 0.133. The van der Waals surface area contributed by atoms with E-state index in [9.17, 15) is 4.79 Å². The summed E-state index contributed by atoms with van der Waals surface area (Å²) in [5, 5.41) is 3.80. The summed E-state index contributed by atoms with van der Waals surface area (Å²) in [5.41, 5.74) is 0.666. The molecule has 0 saturated heterocycles. The van der Waals surface area contributed by atoms with E-state index in [4.69, 9.17) is 9.57 Å². The minimum atomic E-state index is -0.343. The summed E-state index contributed by atoms with van der Waals surface area (Å²) in [7, 11) is 2.96. The van der Waals surface area contributed by atoms with E-state index in [2.05, 4.69) is 5.32 Å². The van der Waals surface area contributed by atoms with Crippen LogP contribution in [0, 0.1) is 0 Å². The van der Waals surface area contributed by atoms with Crippen molar-refractivity contribution in [2.75, 3.05) is 19.5 Å². The highest BCUT2D eigenvalue weighted by molar-refractivity contribution is 5.88. The molecule has 0 saturated carbocycles. The Morgan fingerprint density at radius 2 is 1.60 bits per heavy atom. The third-order valence-corrected chi connectivity index (χ3v) is 2.64. The molecule has 20 heavy (non-hydrogen) atoms. The Bertz CT molecular complexity index is 555. The standard InChI is InChI=1S/C15H16N2O3/c1-17(19-2)15(18)16-12-8-10-14(11-9-12)20-13-6-4-3-5-7-13/h3-11H,1-2H3,(H,16,18). The first-order valence-electron chi connectivity index (χ1n) is 6.11. The van der Waals surface area contributed by atoms with Crippen LogP contribution in [0.15, 0.2) is 54.6 Å². The van der Waals surface area contributed by atoms with Gasteiger partial charge in [0.05, 0.1) is 7.11 Å². The predicted molar refractivity (Wildman–Crippen MR) is 76.7 cm³/mol. The van der Waals surface area contributed by atoms with Crippen molar-refractivity contribution in [1.82, 2.24) is 5.06 Å². The Labute approximate surface area is 117 Å². The topological polar surface area (TPSA) is 50.8 Å². The van der Waals surface area contributed by atoms with Gasteiger partial charge in [0.25, 0.3) is 0 Å². The molecule has 0 aliphatic carbocycles. The van der Waals surface area contributed by atoms with Crippen molar-refractivity contribution in [3.05, 3.63) is 54.6 Å². The molecule has 0 aromatic heterocycles. The lowest BCUT2D eigenvalue weighted by Gasteiger charge is -2.14. The summed E-state index contributed by atoms with van der Waals surface area (Å²) >= 11 is 0. The lowest BCUT2D eigenvalue weighted by molar-refractivity contribution is -0.0598. The summed E-state index contributed by atoms with van der Waals surface area (Å²) < 4.78 is 5.66. The van der Waals surface area contributed by atoms with E-state index >= 15 is 0 Å². The number of para-hydroxylation sites is 1. The maximum Gasteiger partial charge on any atom is 0.345 e. The third-order valence-electron chi connectivity index (χ3n) is 2.64. The average molecular weight is 272 g/mol. The molecule has 0 heterocycles. The first-order chi connectivity index (χ1) is 9.69. The van der Waals surface area contributed by atoms with Crippen LogP contribution in [-0.2, 0) is 4.84 Å². The van der Waals surface area contributed by atoms with Crippen molar-refractivity contribution in [3.8, 4) is 11.5 Å². The normalized spacial score (nSPS) is 9.90. The van der Waals surface area contributed by atoms with Crippen LogP contribution in [0.3, 0.4) is 0 Å². The van der Waals surface area contributed by atoms with Crippen LogP contribution in [0.4, 0.5) is 10.5 Å². The van der Waals surface area contributed by atoms with Crippen LogP contribution < -0.4 is 10.1 Å². The maximum absolute atomic E-state index is 11.6. The van der Waals surface area contributed by atoms with E-state index in [1.54, 1.807) is 24.3 Å². The molecular weight excluding hydrogens is 256 g/mol. The molecule has 2 aromatic carbocycles. The molecule has 2 amide bonds. The van der Waals surface area contributed by atoms with Crippen LogP contribution in [0.2, 0.25) is 0 Å². The van der Waals surface area contributed by atoms with Gasteiger partial charge in [0.2, 0.25) is 0 Å². The number of nitrogens with one attached hydrogen (secondary N) is 1. The number of ether oxygens (including phenoxy) is 1. The number of hydroxylamine groups is 2. The van der Waals surface area contributed by atoms with E-state index in [1.807, 2.05) is 30.3 Å². The van der Waals surface area contributed by atoms with Crippen molar-refractivity contribution < 1.29 is 14.4 Å². The lowest BCUT2D eigenvalue weighted by Crippen LogP contribution is -2.30. The molecule has 0 atom stereocenters. The zero-order chi connectivity index (χ0) is 14.4. The average Bonchev–Trinajstić information content (AvgIpc) is 2.49. The fourth-order valence-corrected chi connectivity index (χ4v) is 1.52. The van der Waals surface area contributed by atoms with E-state index < -0.39 is 0 Å². The molecule has 2 aromatic rings. The maximum atomic E-state index is 11.6. The SMILES string of the molecule is CON(C)C(=O)Nc1ccc(Oc2ccccc2)cc1. The summed E-state index contributed by atoms with van der Waals surface area (Å²) in [5.74, 6) is 1.47. The second-order valence-electron chi connectivity index (χ2n) is 4.05. The van der Waals surface area contributed by atoms with Gasteiger partial charge in [0.1, 0.15) is 11.5 Å². The van der Waals surface area contributed by atoms with Gasteiger partial charge in [0, 0.05) is 12.7 Å². The van der Waals surface area contributed by atoms with Crippen molar-refractivity contribution in [3.63, 3.8) is 0 Å². The molecule has 5 nitrogen and oxygen atoms in total. The number of benzene rings is 2. The fourth-order valence-electron chi connectivity index (χ4n) is 1.52. The van der Waals surface area contributed by atoms with Crippen molar-refractivity contribution in [2.45, 2.75) is 0 Å². The molecule has 0 radical (unpaired) electrons. The number of anilines is 1. The van der Waals surface area contributed by atoms with Gasteiger partial charge in [0.15, 0.2) is 0 Å². The first-order valence-corrected chi connectivity index (χ1v) is 6.11. The summed E-state index contributed by atoms with van der Waals surface area (Å²) in [6.45, 7) is 0. The number of urea groups is 1. The number of hydrogen-bond donors (Lipinski definition) is 1. The minimum absolute atomic E-state index is 0.343. The van der Waals surface area contributed by atoms with E-state index in [0.29, 0.717) is 11.4 Å². The summed E-state index contributed by atoms with van der Waals surface area (Å²) in [6, 6.07) is 16.3. The zero-order valence-electron chi connectivity index (χ0n) is 11.4. The smallest absolute Gasteiger partial charge is 0.345 e. The number of hydrogen-bond acceptors (Lipinski definition) is 3. The quantitative estimate of drug-likeness (QED) is 0.866. The molecule has 104 valence electrons. The van der Waals surface area contributed by atoms with Gasteiger partial charge >= 0.3 is 6.03 Å². The van der Waals surface area contributed by atoms with Crippen molar-refractivity contribution in [2.24, 2.45) is 0 Å². The molecule has 0 bridgehead atoms. The second kappa shape index (κ2) is 6.58. The van der Waals surface area contributed by atoms with Crippen LogP contribution in [0.25, 0.3) is 0 Å². The van der Waals surface area contributed by atoms with Gasteiger partial charge in [-0.2, -0.15) is 0 Å².